The third-order valence-corrected chi connectivity index (χ3v) is 5.95. The minimum atomic E-state index is -3.68. The van der Waals surface area contributed by atoms with Gasteiger partial charge in [-0.25, -0.2) is 17.9 Å². The molecule has 0 saturated carbocycles. The number of benzene rings is 2. The molecular weight excluding hydrogens is 396 g/mol. The Labute approximate surface area is 169 Å². The highest BCUT2D eigenvalue weighted by Gasteiger charge is 2.20. The number of hydrogen-bond acceptors (Lipinski definition) is 6. The van der Waals surface area contributed by atoms with Gasteiger partial charge in [-0.1, -0.05) is 12.1 Å². The first-order valence-electron chi connectivity index (χ1n) is 9.12. The van der Waals surface area contributed by atoms with E-state index >= 15 is 0 Å². The highest BCUT2D eigenvalue weighted by Crippen LogP contribution is 2.15. The van der Waals surface area contributed by atoms with E-state index in [1.54, 1.807) is 24.3 Å². The van der Waals surface area contributed by atoms with E-state index in [1.165, 1.54) is 24.3 Å². The number of nitrogens with two attached hydrogens (primary N) is 1. The van der Waals surface area contributed by atoms with Gasteiger partial charge < -0.3 is 15.2 Å². The molecule has 2 aromatic carbocycles. The van der Waals surface area contributed by atoms with Crippen molar-refractivity contribution in [2.24, 2.45) is 5.73 Å². The van der Waals surface area contributed by atoms with Gasteiger partial charge in [0.2, 0.25) is 15.9 Å². The quantitative estimate of drug-likeness (QED) is 0.628. The number of rotatable bonds is 8. The van der Waals surface area contributed by atoms with Crippen LogP contribution in [-0.2, 0) is 26.1 Å². The molecule has 1 aliphatic rings. The van der Waals surface area contributed by atoms with Crippen molar-refractivity contribution in [1.29, 1.82) is 0 Å². The van der Waals surface area contributed by atoms with Crippen LogP contribution in [0.2, 0.25) is 0 Å². The molecule has 8 nitrogen and oxygen atoms in total. The Bertz CT molecular complexity index is 982. The van der Waals surface area contributed by atoms with Gasteiger partial charge in [0.25, 0.3) is 0 Å². The molecule has 154 valence electrons. The van der Waals surface area contributed by atoms with E-state index in [0.29, 0.717) is 17.7 Å². The molecule has 3 N–H and O–H groups in total. The number of sulfonamides is 1. The first-order valence-corrected chi connectivity index (χ1v) is 10.6. The summed E-state index contributed by atoms with van der Waals surface area (Å²) >= 11 is 0. The number of amides is 1. The fourth-order valence-corrected chi connectivity index (χ4v) is 3.97. The van der Waals surface area contributed by atoms with Crippen LogP contribution in [0.1, 0.15) is 39.1 Å². The molecule has 0 aliphatic carbocycles. The van der Waals surface area contributed by atoms with Crippen LogP contribution in [0.5, 0.6) is 0 Å². The smallest absolute Gasteiger partial charge is 0.338 e. The third-order valence-electron chi connectivity index (χ3n) is 4.51. The van der Waals surface area contributed by atoms with Crippen molar-refractivity contribution in [3.63, 3.8) is 0 Å². The normalized spacial score (nSPS) is 16.5. The second-order valence-corrected chi connectivity index (χ2v) is 8.42. The van der Waals surface area contributed by atoms with Gasteiger partial charge in [0.15, 0.2) is 0 Å². The summed E-state index contributed by atoms with van der Waals surface area (Å²) in [4.78, 5) is 23.5. The summed E-state index contributed by atoms with van der Waals surface area (Å²) in [6, 6.07) is 11.9. The van der Waals surface area contributed by atoms with Gasteiger partial charge in [0.05, 0.1) is 16.6 Å². The molecule has 0 bridgehead atoms. The van der Waals surface area contributed by atoms with Crippen molar-refractivity contribution >= 4 is 21.9 Å². The first-order chi connectivity index (χ1) is 13.8. The Kier molecular flexibility index (Phi) is 6.63. The summed E-state index contributed by atoms with van der Waals surface area (Å²) in [5.41, 5.74) is 6.39. The van der Waals surface area contributed by atoms with Crippen molar-refractivity contribution < 1.29 is 27.5 Å². The van der Waals surface area contributed by atoms with E-state index in [4.69, 9.17) is 15.2 Å². The van der Waals surface area contributed by atoms with Gasteiger partial charge in [0, 0.05) is 18.7 Å². The largest absolute Gasteiger partial charge is 0.457 e. The lowest BCUT2D eigenvalue weighted by molar-refractivity contribution is 0.0472. The minimum absolute atomic E-state index is 0.0387. The lowest BCUT2D eigenvalue weighted by Gasteiger charge is -2.11. The number of primary amides is 1. The second-order valence-electron chi connectivity index (χ2n) is 6.65. The van der Waals surface area contributed by atoms with Crippen molar-refractivity contribution in [3.8, 4) is 0 Å². The average Bonchev–Trinajstić information content (AvgIpc) is 3.25. The molecule has 1 saturated heterocycles. The SMILES string of the molecule is NC(=O)c1cccc(COC(=O)c2ccc(S(=O)(=O)NCC3CCCO3)cc2)c1. The molecule has 1 aliphatic heterocycles. The molecule has 29 heavy (non-hydrogen) atoms. The third kappa shape index (κ3) is 5.63. The lowest BCUT2D eigenvalue weighted by Crippen LogP contribution is -2.31. The van der Waals surface area contributed by atoms with Crippen molar-refractivity contribution in [2.45, 2.75) is 30.4 Å². The van der Waals surface area contributed by atoms with E-state index < -0.39 is 21.9 Å². The molecule has 1 atom stereocenters. The summed E-state index contributed by atoms with van der Waals surface area (Å²) < 4.78 is 37.8. The molecule has 0 radical (unpaired) electrons. The highest BCUT2D eigenvalue weighted by molar-refractivity contribution is 7.89. The van der Waals surface area contributed by atoms with Gasteiger partial charge in [-0.15, -0.1) is 0 Å². The summed E-state index contributed by atoms with van der Waals surface area (Å²) in [5, 5.41) is 0. The topological polar surface area (TPSA) is 125 Å². The molecule has 0 aromatic heterocycles. The summed E-state index contributed by atoms with van der Waals surface area (Å²) in [6.07, 6.45) is 1.65. The highest BCUT2D eigenvalue weighted by atomic mass is 32.2. The zero-order chi connectivity index (χ0) is 20.9. The number of hydrogen-bond donors (Lipinski definition) is 2. The predicted molar refractivity (Wildman–Crippen MR) is 105 cm³/mol. The van der Waals surface area contributed by atoms with Crippen LogP contribution in [0.15, 0.2) is 53.4 Å². The van der Waals surface area contributed by atoms with E-state index in [1.807, 2.05) is 0 Å². The van der Waals surface area contributed by atoms with Gasteiger partial charge in [-0.3, -0.25) is 4.79 Å². The van der Waals surface area contributed by atoms with Gasteiger partial charge in [-0.05, 0) is 54.8 Å². The molecule has 1 unspecified atom stereocenters. The zero-order valence-electron chi connectivity index (χ0n) is 15.7. The van der Waals surface area contributed by atoms with Gasteiger partial charge >= 0.3 is 5.97 Å². The number of carbonyl (C=O) groups is 2. The summed E-state index contributed by atoms with van der Waals surface area (Å²) in [6.45, 7) is 0.829. The fourth-order valence-electron chi connectivity index (χ4n) is 2.91. The fraction of sp³-hybridized carbons (Fsp3) is 0.300. The first kappa shape index (κ1) is 21.0. The number of nitrogens with one attached hydrogen (secondary N) is 1. The number of ether oxygens (including phenoxy) is 2. The van der Waals surface area contributed by atoms with E-state index in [-0.39, 0.29) is 29.7 Å². The van der Waals surface area contributed by atoms with Crippen LogP contribution in [0.4, 0.5) is 0 Å². The van der Waals surface area contributed by atoms with Gasteiger partial charge in [-0.2, -0.15) is 0 Å². The number of esters is 1. The maximum atomic E-state index is 12.3. The molecular formula is C20H22N2O6S. The molecule has 3 rings (SSSR count). The van der Waals surface area contributed by atoms with Gasteiger partial charge in [0.1, 0.15) is 6.61 Å². The van der Waals surface area contributed by atoms with Crippen LogP contribution in [0, 0.1) is 0 Å². The van der Waals surface area contributed by atoms with Crippen molar-refractivity contribution in [3.05, 3.63) is 65.2 Å². The standard InChI is InChI=1S/C20H22N2O6S/c21-19(23)16-4-1-3-14(11-16)13-28-20(24)15-6-8-18(9-7-15)29(25,26)22-12-17-5-2-10-27-17/h1,3-4,6-9,11,17,22H,2,5,10,12-13H2,(H2,21,23). The van der Waals surface area contributed by atoms with E-state index in [2.05, 4.69) is 4.72 Å². The predicted octanol–water partition coefficient (Wildman–Crippen LogP) is 1.60. The maximum absolute atomic E-state index is 12.3. The monoisotopic (exact) mass is 418 g/mol. The summed E-state index contributed by atoms with van der Waals surface area (Å²) in [7, 11) is -3.68. The van der Waals surface area contributed by atoms with Crippen LogP contribution in [0.3, 0.4) is 0 Å². The van der Waals surface area contributed by atoms with Crippen molar-refractivity contribution in [1.82, 2.24) is 4.72 Å². The molecule has 1 amide bonds. The lowest BCUT2D eigenvalue weighted by atomic mass is 10.1. The molecule has 1 fully saturated rings. The van der Waals surface area contributed by atoms with Crippen LogP contribution < -0.4 is 10.5 Å². The maximum Gasteiger partial charge on any atom is 0.338 e. The zero-order valence-corrected chi connectivity index (χ0v) is 16.5. The van der Waals surface area contributed by atoms with E-state index in [9.17, 15) is 18.0 Å². The Balaban J connectivity index is 1.58. The molecule has 9 heteroatoms. The van der Waals surface area contributed by atoms with Crippen LogP contribution in [-0.4, -0.2) is 39.5 Å². The molecule has 2 aromatic rings. The average molecular weight is 418 g/mol. The van der Waals surface area contributed by atoms with Crippen molar-refractivity contribution in [2.75, 3.05) is 13.2 Å². The molecule has 1 heterocycles. The van der Waals surface area contributed by atoms with Crippen LogP contribution in [0.25, 0.3) is 0 Å². The Morgan fingerprint density at radius 2 is 1.90 bits per heavy atom. The number of carbonyl (C=O) groups excluding carboxylic acids is 2. The minimum Gasteiger partial charge on any atom is -0.457 e. The summed E-state index contributed by atoms with van der Waals surface area (Å²) in [5.74, 6) is -1.17. The molecule has 0 spiro atoms. The van der Waals surface area contributed by atoms with Crippen LogP contribution >= 0.6 is 0 Å². The van der Waals surface area contributed by atoms with E-state index in [0.717, 1.165) is 12.8 Å². The Morgan fingerprint density at radius 3 is 2.55 bits per heavy atom. The Morgan fingerprint density at radius 1 is 1.14 bits per heavy atom. The Hall–Kier alpha value is -2.75. The second kappa shape index (κ2) is 9.17.